The molecule has 1 aliphatic rings. The SMILES string of the molecule is CC(=O)NC(CC(=O)NCC1(C(=O)O)CCOCC1)c1ccc(C)cc1. The van der Waals surface area contributed by atoms with E-state index in [-0.39, 0.29) is 24.8 Å². The Balaban J connectivity index is 2.01. The number of carboxylic acids is 1. The molecule has 0 spiro atoms. The highest BCUT2D eigenvalue weighted by molar-refractivity contribution is 5.80. The summed E-state index contributed by atoms with van der Waals surface area (Å²) in [4.78, 5) is 35.5. The maximum atomic E-state index is 12.4. The zero-order valence-corrected chi connectivity index (χ0v) is 15.2. The van der Waals surface area contributed by atoms with Crippen LogP contribution in [-0.2, 0) is 19.1 Å². The van der Waals surface area contributed by atoms with Crippen molar-refractivity contribution in [1.29, 1.82) is 0 Å². The van der Waals surface area contributed by atoms with Gasteiger partial charge in [0.05, 0.1) is 17.9 Å². The van der Waals surface area contributed by atoms with Gasteiger partial charge in [0, 0.05) is 26.7 Å². The lowest BCUT2D eigenvalue weighted by Crippen LogP contribution is -2.47. The Morgan fingerprint density at radius 2 is 1.81 bits per heavy atom. The highest BCUT2D eigenvalue weighted by Crippen LogP contribution is 2.30. The van der Waals surface area contributed by atoms with Crippen molar-refractivity contribution < 1.29 is 24.2 Å². The summed E-state index contributed by atoms with van der Waals surface area (Å²) in [5.41, 5.74) is 0.934. The lowest BCUT2D eigenvalue weighted by molar-refractivity contribution is -0.154. The third-order valence-corrected chi connectivity index (χ3v) is 4.77. The van der Waals surface area contributed by atoms with Gasteiger partial charge in [-0.15, -0.1) is 0 Å². The van der Waals surface area contributed by atoms with Gasteiger partial charge in [0.2, 0.25) is 11.8 Å². The average Bonchev–Trinajstić information content (AvgIpc) is 2.60. The van der Waals surface area contributed by atoms with Crippen LogP contribution in [0, 0.1) is 12.3 Å². The standard InChI is InChI=1S/C19H26N2O5/c1-13-3-5-15(6-4-13)16(21-14(2)22)11-17(23)20-12-19(18(24)25)7-9-26-10-8-19/h3-6,16H,7-12H2,1-2H3,(H,20,23)(H,21,22)(H,24,25). The van der Waals surface area contributed by atoms with Crippen molar-refractivity contribution in [3.05, 3.63) is 35.4 Å². The third kappa shape index (κ3) is 5.29. The van der Waals surface area contributed by atoms with Crippen molar-refractivity contribution in [3.63, 3.8) is 0 Å². The quantitative estimate of drug-likeness (QED) is 0.683. The van der Waals surface area contributed by atoms with Crippen LogP contribution >= 0.6 is 0 Å². The fourth-order valence-electron chi connectivity index (χ4n) is 3.05. The molecule has 0 aliphatic carbocycles. The molecule has 1 aromatic rings. The van der Waals surface area contributed by atoms with Crippen molar-refractivity contribution in [2.75, 3.05) is 19.8 Å². The summed E-state index contributed by atoms with van der Waals surface area (Å²) in [6, 6.07) is 7.14. The minimum absolute atomic E-state index is 0.0504. The molecule has 2 amide bonds. The highest BCUT2D eigenvalue weighted by Gasteiger charge is 2.40. The second-order valence-corrected chi connectivity index (χ2v) is 6.84. The van der Waals surface area contributed by atoms with Crippen molar-refractivity contribution in [2.24, 2.45) is 5.41 Å². The van der Waals surface area contributed by atoms with Gasteiger partial charge in [0.15, 0.2) is 0 Å². The van der Waals surface area contributed by atoms with Gasteiger partial charge in [-0.2, -0.15) is 0 Å². The summed E-state index contributed by atoms with van der Waals surface area (Å²) in [5, 5.41) is 15.1. The summed E-state index contributed by atoms with van der Waals surface area (Å²) in [5.74, 6) is -1.44. The first-order valence-corrected chi connectivity index (χ1v) is 8.74. The van der Waals surface area contributed by atoms with Crippen LogP contribution in [0.3, 0.4) is 0 Å². The Morgan fingerprint density at radius 3 is 2.35 bits per heavy atom. The molecule has 7 nitrogen and oxygen atoms in total. The van der Waals surface area contributed by atoms with Gasteiger partial charge in [-0.25, -0.2) is 0 Å². The second kappa shape index (κ2) is 8.80. The van der Waals surface area contributed by atoms with Crippen LogP contribution in [0.2, 0.25) is 0 Å². The number of ether oxygens (including phenoxy) is 1. The molecule has 0 radical (unpaired) electrons. The van der Waals surface area contributed by atoms with Gasteiger partial charge in [-0.1, -0.05) is 29.8 Å². The van der Waals surface area contributed by atoms with Crippen molar-refractivity contribution in [3.8, 4) is 0 Å². The topological polar surface area (TPSA) is 105 Å². The van der Waals surface area contributed by atoms with Gasteiger partial charge < -0.3 is 20.5 Å². The Labute approximate surface area is 153 Å². The molecular formula is C19H26N2O5. The predicted molar refractivity (Wildman–Crippen MR) is 95.5 cm³/mol. The first-order chi connectivity index (χ1) is 12.3. The summed E-state index contributed by atoms with van der Waals surface area (Å²) < 4.78 is 5.23. The van der Waals surface area contributed by atoms with Gasteiger partial charge in [0.1, 0.15) is 0 Å². The molecule has 1 unspecified atom stereocenters. The first kappa shape index (κ1) is 19.9. The van der Waals surface area contributed by atoms with Crippen LogP contribution in [0.15, 0.2) is 24.3 Å². The Kier molecular flexibility index (Phi) is 6.74. The fourth-order valence-corrected chi connectivity index (χ4v) is 3.05. The van der Waals surface area contributed by atoms with Crippen LogP contribution in [0.5, 0.6) is 0 Å². The number of benzene rings is 1. The number of carbonyl (C=O) groups is 3. The number of rotatable bonds is 7. The van der Waals surface area contributed by atoms with E-state index in [1.54, 1.807) is 0 Å². The smallest absolute Gasteiger partial charge is 0.311 e. The number of amides is 2. The van der Waals surface area contributed by atoms with E-state index >= 15 is 0 Å². The number of aryl methyl sites for hydroxylation is 1. The number of hydrogen-bond acceptors (Lipinski definition) is 4. The van der Waals surface area contributed by atoms with Crippen LogP contribution in [0.25, 0.3) is 0 Å². The molecule has 7 heteroatoms. The minimum Gasteiger partial charge on any atom is -0.481 e. The third-order valence-electron chi connectivity index (χ3n) is 4.77. The van der Waals surface area contributed by atoms with E-state index in [0.717, 1.165) is 11.1 Å². The largest absolute Gasteiger partial charge is 0.481 e. The molecule has 142 valence electrons. The maximum absolute atomic E-state index is 12.4. The summed E-state index contributed by atoms with van der Waals surface area (Å²) in [7, 11) is 0. The predicted octanol–water partition coefficient (Wildman–Crippen LogP) is 1.56. The normalized spacial score (nSPS) is 17.2. The van der Waals surface area contributed by atoms with Crippen LogP contribution in [-0.4, -0.2) is 42.6 Å². The molecule has 0 saturated carbocycles. The maximum Gasteiger partial charge on any atom is 0.311 e. The van der Waals surface area contributed by atoms with Crippen molar-refractivity contribution in [1.82, 2.24) is 10.6 Å². The zero-order chi connectivity index (χ0) is 19.2. The number of aliphatic carboxylic acids is 1. The second-order valence-electron chi connectivity index (χ2n) is 6.84. The van der Waals surface area contributed by atoms with E-state index < -0.39 is 17.4 Å². The van der Waals surface area contributed by atoms with Gasteiger partial charge in [-0.05, 0) is 25.3 Å². The van der Waals surface area contributed by atoms with E-state index in [0.29, 0.717) is 26.1 Å². The van der Waals surface area contributed by atoms with Crippen LogP contribution in [0.1, 0.15) is 43.4 Å². The molecule has 1 atom stereocenters. The van der Waals surface area contributed by atoms with Gasteiger partial charge in [-0.3, -0.25) is 14.4 Å². The van der Waals surface area contributed by atoms with E-state index in [4.69, 9.17) is 4.74 Å². The average molecular weight is 362 g/mol. The zero-order valence-electron chi connectivity index (χ0n) is 15.2. The molecule has 0 aromatic heterocycles. The molecular weight excluding hydrogens is 336 g/mol. The van der Waals surface area contributed by atoms with Crippen molar-refractivity contribution >= 4 is 17.8 Å². The summed E-state index contributed by atoms with van der Waals surface area (Å²) in [6.07, 6.45) is 0.792. The lowest BCUT2D eigenvalue weighted by atomic mass is 9.80. The van der Waals surface area contributed by atoms with Crippen molar-refractivity contribution in [2.45, 2.75) is 39.2 Å². The molecule has 1 aliphatic heterocycles. The summed E-state index contributed by atoms with van der Waals surface area (Å²) in [6.45, 7) is 4.18. The van der Waals surface area contributed by atoms with E-state index in [1.165, 1.54) is 6.92 Å². The van der Waals surface area contributed by atoms with Crippen LogP contribution in [0.4, 0.5) is 0 Å². The molecule has 2 rings (SSSR count). The summed E-state index contributed by atoms with van der Waals surface area (Å²) >= 11 is 0. The number of carboxylic acid groups (broad SMARTS) is 1. The van der Waals surface area contributed by atoms with E-state index in [9.17, 15) is 19.5 Å². The fraction of sp³-hybridized carbons (Fsp3) is 0.526. The number of nitrogens with one attached hydrogen (secondary N) is 2. The van der Waals surface area contributed by atoms with Crippen LogP contribution < -0.4 is 10.6 Å². The molecule has 1 fully saturated rings. The minimum atomic E-state index is -0.985. The Hall–Kier alpha value is -2.41. The number of carbonyl (C=O) groups excluding carboxylic acids is 2. The van der Waals surface area contributed by atoms with Gasteiger partial charge in [0.25, 0.3) is 0 Å². The molecule has 1 aromatic carbocycles. The Morgan fingerprint density at radius 1 is 1.19 bits per heavy atom. The molecule has 1 saturated heterocycles. The highest BCUT2D eigenvalue weighted by atomic mass is 16.5. The Bertz CT molecular complexity index is 650. The van der Waals surface area contributed by atoms with Gasteiger partial charge >= 0.3 is 5.97 Å². The monoisotopic (exact) mass is 362 g/mol. The van der Waals surface area contributed by atoms with E-state index in [2.05, 4.69) is 10.6 Å². The number of hydrogen-bond donors (Lipinski definition) is 3. The molecule has 3 N–H and O–H groups in total. The molecule has 1 heterocycles. The first-order valence-electron chi connectivity index (χ1n) is 8.74. The lowest BCUT2D eigenvalue weighted by Gasteiger charge is -2.33. The van der Waals surface area contributed by atoms with E-state index in [1.807, 2.05) is 31.2 Å². The molecule has 0 bridgehead atoms. The molecule has 26 heavy (non-hydrogen) atoms.